The fourth-order valence-corrected chi connectivity index (χ4v) is 4.12. The van der Waals surface area contributed by atoms with Gasteiger partial charge in [-0.2, -0.15) is 4.68 Å². The van der Waals surface area contributed by atoms with Crippen LogP contribution in [-0.2, 0) is 4.79 Å². The van der Waals surface area contributed by atoms with Crippen molar-refractivity contribution < 1.29 is 9.59 Å². The number of hydrogen-bond donors (Lipinski definition) is 0. The van der Waals surface area contributed by atoms with Gasteiger partial charge in [-0.15, -0.1) is 5.10 Å². The first-order valence-corrected chi connectivity index (χ1v) is 8.90. The topological polar surface area (TPSA) is 84.2 Å². The molecule has 1 aromatic heterocycles. The maximum absolute atomic E-state index is 13.0. The normalized spacial score (nSPS) is 23.1. The van der Waals surface area contributed by atoms with Gasteiger partial charge in [-0.1, -0.05) is 6.07 Å². The summed E-state index contributed by atoms with van der Waals surface area (Å²) in [7, 11) is 1.85. The molecular weight excluding hydrogens is 332 g/mol. The van der Waals surface area contributed by atoms with Crippen molar-refractivity contribution in [2.75, 3.05) is 26.7 Å². The van der Waals surface area contributed by atoms with Crippen molar-refractivity contribution in [3.63, 3.8) is 0 Å². The van der Waals surface area contributed by atoms with Crippen LogP contribution in [0.25, 0.3) is 5.69 Å². The second kappa shape index (κ2) is 6.19. The predicted octanol–water partition coefficient (Wildman–Crippen LogP) is 1.06. The maximum Gasteiger partial charge on any atom is 0.253 e. The Labute approximate surface area is 151 Å². The van der Waals surface area contributed by atoms with E-state index in [9.17, 15) is 9.59 Å². The van der Waals surface area contributed by atoms with E-state index in [1.807, 2.05) is 31.0 Å². The lowest BCUT2D eigenvalue weighted by molar-refractivity contribution is -0.143. The van der Waals surface area contributed by atoms with E-state index < -0.39 is 5.41 Å². The third-order valence-electron chi connectivity index (χ3n) is 5.55. The molecule has 136 valence electrons. The van der Waals surface area contributed by atoms with Crippen molar-refractivity contribution >= 4 is 11.8 Å². The highest BCUT2D eigenvalue weighted by Gasteiger charge is 2.48. The lowest BCUT2D eigenvalue weighted by Crippen LogP contribution is -2.48. The molecule has 0 radical (unpaired) electrons. The molecule has 0 bridgehead atoms. The lowest BCUT2D eigenvalue weighted by atomic mass is 9.78. The van der Waals surface area contributed by atoms with E-state index in [4.69, 9.17) is 0 Å². The third kappa shape index (κ3) is 2.65. The molecule has 0 aliphatic carbocycles. The number of likely N-dealkylation sites (tertiary alicyclic amines) is 2. The van der Waals surface area contributed by atoms with Gasteiger partial charge in [-0.3, -0.25) is 9.59 Å². The molecule has 1 spiro atoms. The molecule has 2 saturated heterocycles. The Hall–Kier alpha value is -2.77. The Kier molecular flexibility index (Phi) is 3.97. The van der Waals surface area contributed by atoms with Crippen LogP contribution >= 0.6 is 0 Å². The third-order valence-corrected chi connectivity index (χ3v) is 5.55. The molecule has 2 amide bonds. The number of piperidine rings is 1. The minimum absolute atomic E-state index is 0.0459. The molecule has 1 aromatic carbocycles. The molecule has 0 saturated carbocycles. The fourth-order valence-electron chi connectivity index (χ4n) is 4.12. The number of aryl methyl sites for hydroxylation is 1. The van der Waals surface area contributed by atoms with Crippen LogP contribution in [0.4, 0.5) is 0 Å². The van der Waals surface area contributed by atoms with Gasteiger partial charge < -0.3 is 9.80 Å². The Bertz CT molecular complexity index is 863. The number of carbonyl (C=O) groups excluding carboxylic acids is 2. The second-order valence-electron chi connectivity index (χ2n) is 7.28. The number of benzene rings is 1. The van der Waals surface area contributed by atoms with E-state index in [1.54, 1.807) is 21.7 Å². The first kappa shape index (κ1) is 16.7. The number of aromatic nitrogens is 4. The summed E-state index contributed by atoms with van der Waals surface area (Å²) in [5.41, 5.74) is 0.943. The van der Waals surface area contributed by atoms with Crippen molar-refractivity contribution in [2.24, 2.45) is 5.41 Å². The van der Waals surface area contributed by atoms with Gasteiger partial charge in [0.05, 0.1) is 11.1 Å². The van der Waals surface area contributed by atoms with E-state index in [-0.39, 0.29) is 11.8 Å². The molecular formula is C18H22N6O2. The van der Waals surface area contributed by atoms with Gasteiger partial charge in [-0.25, -0.2) is 0 Å². The number of nitrogens with zero attached hydrogens (tertiary/aromatic N) is 6. The van der Waals surface area contributed by atoms with Gasteiger partial charge in [0.15, 0.2) is 5.82 Å². The average molecular weight is 354 g/mol. The molecule has 0 N–H and O–H groups in total. The van der Waals surface area contributed by atoms with E-state index in [0.717, 1.165) is 31.5 Å². The summed E-state index contributed by atoms with van der Waals surface area (Å²) in [5, 5.41) is 11.5. The highest BCUT2D eigenvalue weighted by atomic mass is 16.2. The standard InChI is InChI=1S/C18H22N6O2/c1-13-19-20-21-24(13)15-6-3-5-14(11-15)16(25)23-10-8-18(12-23)7-4-9-22(2)17(18)26/h3,5-6,11H,4,7-10,12H2,1-2H3. The SMILES string of the molecule is Cc1nnnn1-c1cccc(C(=O)N2CCC3(CCCN(C)C3=O)C2)c1. The lowest BCUT2D eigenvalue weighted by Gasteiger charge is -2.37. The molecule has 2 aromatic rings. The van der Waals surface area contributed by atoms with Crippen LogP contribution in [0.2, 0.25) is 0 Å². The number of rotatable bonds is 2. The smallest absolute Gasteiger partial charge is 0.253 e. The minimum atomic E-state index is -0.396. The van der Waals surface area contributed by atoms with Crippen molar-refractivity contribution in [3.05, 3.63) is 35.7 Å². The molecule has 1 atom stereocenters. The molecule has 1 unspecified atom stereocenters. The first-order valence-electron chi connectivity index (χ1n) is 8.90. The zero-order valence-electron chi connectivity index (χ0n) is 15.1. The van der Waals surface area contributed by atoms with Crippen molar-refractivity contribution in [2.45, 2.75) is 26.2 Å². The van der Waals surface area contributed by atoms with Crippen molar-refractivity contribution in [1.82, 2.24) is 30.0 Å². The summed E-state index contributed by atoms with van der Waals surface area (Å²) in [6, 6.07) is 7.29. The fraction of sp³-hybridized carbons (Fsp3) is 0.500. The van der Waals surface area contributed by atoms with E-state index in [1.165, 1.54) is 0 Å². The van der Waals surface area contributed by atoms with Gasteiger partial charge in [0, 0.05) is 32.2 Å². The van der Waals surface area contributed by atoms with Crippen LogP contribution in [0, 0.1) is 12.3 Å². The molecule has 3 heterocycles. The summed E-state index contributed by atoms with van der Waals surface area (Å²) < 4.78 is 1.60. The summed E-state index contributed by atoms with van der Waals surface area (Å²) in [6.07, 6.45) is 2.61. The Morgan fingerprint density at radius 3 is 2.85 bits per heavy atom. The highest BCUT2D eigenvalue weighted by Crippen LogP contribution is 2.40. The Morgan fingerprint density at radius 2 is 2.08 bits per heavy atom. The molecule has 8 heteroatoms. The van der Waals surface area contributed by atoms with Crippen LogP contribution in [0.3, 0.4) is 0 Å². The molecule has 8 nitrogen and oxygen atoms in total. The van der Waals surface area contributed by atoms with E-state index in [0.29, 0.717) is 24.5 Å². The molecule has 2 fully saturated rings. The summed E-state index contributed by atoms with van der Waals surface area (Å²) in [6.45, 7) is 3.74. The molecule has 26 heavy (non-hydrogen) atoms. The Morgan fingerprint density at radius 1 is 1.23 bits per heavy atom. The van der Waals surface area contributed by atoms with E-state index >= 15 is 0 Å². The van der Waals surface area contributed by atoms with Crippen LogP contribution in [0.1, 0.15) is 35.4 Å². The Balaban J connectivity index is 1.56. The number of amides is 2. The van der Waals surface area contributed by atoms with Crippen LogP contribution in [-0.4, -0.2) is 68.5 Å². The van der Waals surface area contributed by atoms with Crippen LogP contribution in [0.5, 0.6) is 0 Å². The van der Waals surface area contributed by atoms with E-state index in [2.05, 4.69) is 15.5 Å². The first-order chi connectivity index (χ1) is 12.5. The van der Waals surface area contributed by atoms with Gasteiger partial charge in [0.2, 0.25) is 5.91 Å². The summed E-state index contributed by atoms with van der Waals surface area (Å²) >= 11 is 0. The second-order valence-corrected chi connectivity index (χ2v) is 7.28. The largest absolute Gasteiger partial charge is 0.345 e. The predicted molar refractivity (Wildman–Crippen MR) is 93.7 cm³/mol. The highest BCUT2D eigenvalue weighted by molar-refractivity contribution is 5.96. The maximum atomic E-state index is 13.0. The molecule has 2 aliphatic heterocycles. The van der Waals surface area contributed by atoms with Gasteiger partial charge in [0.25, 0.3) is 5.91 Å². The summed E-state index contributed by atoms with van der Waals surface area (Å²) in [5.74, 6) is 0.790. The average Bonchev–Trinajstić information content (AvgIpc) is 3.26. The molecule has 2 aliphatic rings. The number of tetrazole rings is 1. The zero-order chi connectivity index (χ0) is 18.3. The van der Waals surface area contributed by atoms with Gasteiger partial charge in [-0.05, 0) is 54.8 Å². The van der Waals surface area contributed by atoms with Crippen molar-refractivity contribution in [1.29, 1.82) is 0 Å². The monoisotopic (exact) mass is 354 g/mol. The minimum Gasteiger partial charge on any atom is -0.345 e. The molecule has 4 rings (SSSR count). The number of carbonyl (C=O) groups is 2. The van der Waals surface area contributed by atoms with Crippen LogP contribution < -0.4 is 0 Å². The van der Waals surface area contributed by atoms with Gasteiger partial charge >= 0.3 is 0 Å². The van der Waals surface area contributed by atoms with Gasteiger partial charge in [0.1, 0.15) is 0 Å². The quantitative estimate of drug-likeness (QED) is 0.805. The summed E-state index contributed by atoms with van der Waals surface area (Å²) in [4.78, 5) is 29.3. The zero-order valence-corrected chi connectivity index (χ0v) is 15.1. The van der Waals surface area contributed by atoms with Crippen LogP contribution in [0.15, 0.2) is 24.3 Å². The number of hydrogen-bond acceptors (Lipinski definition) is 5. The van der Waals surface area contributed by atoms with Crippen molar-refractivity contribution in [3.8, 4) is 5.69 Å².